The molecule has 0 aliphatic carbocycles. The lowest BCUT2D eigenvalue weighted by Gasteiger charge is -2.19. The summed E-state index contributed by atoms with van der Waals surface area (Å²) in [5.74, 6) is 0. The molecule has 1 aliphatic heterocycles. The Kier molecular flexibility index (Phi) is 3.07. The molecule has 5 nitrogen and oxygen atoms in total. The molecule has 0 aromatic rings. The zero-order valence-corrected chi connectivity index (χ0v) is 8.14. The number of sulfonamides is 1. The second-order valence-corrected chi connectivity index (χ2v) is 4.46. The maximum absolute atomic E-state index is 11.3. The van der Waals surface area contributed by atoms with E-state index < -0.39 is 10.0 Å². The minimum atomic E-state index is -3.37. The van der Waals surface area contributed by atoms with Gasteiger partial charge >= 0.3 is 0 Å². The first-order chi connectivity index (χ1) is 6.10. The van der Waals surface area contributed by atoms with Crippen LogP contribution in [0.5, 0.6) is 0 Å². The molecule has 1 aliphatic rings. The van der Waals surface area contributed by atoms with E-state index in [9.17, 15) is 8.42 Å². The van der Waals surface area contributed by atoms with Gasteiger partial charge in [0.2, 0.25) is 0 Å². The molecule has 6 heteroatoms. The Morgan fingerprint density at radius 1 is 1.69 bits per heavy atom. The fourth-order valence-electron chi connectivity index (χ4n) is 0.971. The predicted octanol–water partition coefficient (Wildman–Crippen LogP) is -1.14. The van der Waals surface area contributed by atoms with Gasteiger partial charge in [0.1, 0.15) is 5.03 Å². The highest BCUT2D eigenvalue weighted by molar-refractivity contribution is 7.93. The van der Waals surface area contributed by atoms with Crippen molar-refractivity contribution in [1.29, 1.82) is 0 Å². The van der Waals surface area contributed by atoms with Crippen molar-refractivity contribution in [2.24, 2.45) is 5.73 Å². The molecular weight excluding hydrogens is 190 g/mol. The Morgan fingerprint density at radius 3 is 2.92 bits per heavy atom. The molecule has 1 rings (SSSR count). The lowest BCUT2D eigenvalue weighted by molar-refractivity contribution is 0.583. The van der Waals surface area contributed by atoms with E-state index in [0.29, 0.717) is 6.54 Å². The Bertz CT molecular complexity index is 332. The first kappa shape index (κ1) is 10.2. The summed E-state index contributed by atoms with van der Waals surface area (Å²) in [5, 5.41) is 2.95. The molecule has 13 heavy (non-hydrogen) atoms. The van der Waals surface area contributed by atoms with Gasteiger partial charge in [0.25, 0.3) is 10.0 Å². The molecule has 0 radical (unpaired) electrons. The van der Waals surface area contributed by atoms with Crippen molar-refractivity contribution in [3.8, 4) is 0 Å². The van der Waals surface area contributed by atoms with Crippen molar-refractivity contribution in [1.82, 2.24) is 10.0 Å². The molecule has 0 aromatic carbocycles. The summed E-state index contributed by atoms with van der Waals surface area (Å²) in [6.45, 7) is 0.368. The molecule has 1 heterocycles. The molecule has 4 N–H and O–H groups in total. The summed E-state index contributed by atoms with van der Waals surface area (Å²) in [7, 11) is -2.00. The van der Waals surface area contributed by atoms with Crippen LogP contribution in [0.4, 0.5) is 0 Å². The van der Waals surface area contributed by atoms with E-state index in [1.165, 1.54) is 13.1 Å². The third-order valence-corrected chi connectivity index (χ3v) is 3.10. The first-order valence-electron chi connectivity index (χ1n) is 3.89. The van der Waals surface area contributed by atoms with Crippen LogP contribution in [0.1, 0.15) is 0 Å². The lowest BCUT2D eigenvalue weighted by Crippen LogP contribution is -2.40. The van der Waals surface area contributed by atoms with E-state index in [-0.39, 0.29) is 11.1 Å². The fraction of sp³-hybridized carbons (Fsp3) is 0.429. The third-order valence-electron chi connectivity index (χ3n) is 1.73. The molecule has 0 saturated heterocycles. The zero-order chi connectivity index (χ0) is 9.90. The number of rotatable bonds is 3. The van der Waals surface area contributed by atoms with E-state index in [2.05, 4.69) is 10.0 Å². The van der Waals surface area contributed by atoms with Crippen molar-refractivity contribution in [2.45, 2.75) is 6.04 Å². The number of nitrogens with one attached hydrogen (secondary N) is 2. The van der Waals surface area contributed by atoms with Crippen LogP contribution in [-0.2, 0) is 10.0 Å². The van der Waals surface area contributed by atoms with Crippen LogP contribution in [0, 0.1) is 0 Å². The van der Waals surface area contributed by atoms with E-state index in [4.69, 9.17) is 5.73 Å². The van der Waals surface area contributed by atoms with E-state index >= 15 is 0 Å². The number of nitrogens with two attached hydrogens (primary N) is 1. The number of hydrogen-bond donors (Lipinski definition) is 3. The van der Waals surface area contributed by atoms with Gasteiger partial charge in [-0.15, -0.1) is 0 Å². The van der Waals surface area contributed by atoms with Gasteiger partial charge < -0.3 is 11.1 Å². The van der Waals surface area contributed by atoms with Crippen LogP contribution < -0.4 is 15.8 Å². The summed E-state index contributed by atoms with van der Waals surface area (Å²) in [5.41, 5.74) is 5.39. The maximum Gasteiger partial charge on any atom is 0.255 e. The normalized spacial score (nSPS) is 22.3. The van der Waals surface area contributed by atoms with Crippen LogP contribution >= 0.6 is 0 Å². The van der Waals surface area contributed by atoms with Gasteiger partial charge in [0.05, 0.1) is 6.04 Å². The Labute approximate surface area is 77.7 Å². The summed E-state index contributed by atoms with van der Waals surface area (Å²) in [4.78, 5) is 0. The highest BCUT2D eigenvalue weighted by Crippen LogP contribution is 2.06. The monoisotopic (exact) mass is 203 g/mol. The van der Waals surface area contributed by atoms with Crippen LogP contribution in [-0.4, -0.2) is 28.1 Å². The Morgan fingerprint density at radius 2 is 2.38 bits per heavy atom. The van der Waals surface area contributed by atoms with E-state index in [1.807, 2.05) is 6.08 Å². The standard InChI is InChI=1S/C7H13N3O2S/c1-9-13(11,12)7-4-2-3-6(5-8)10-7/h2-4,6,9-10H,5,8H2,1H3/t6-/m0/s1. The van der Waals surface area contributed by atoms with Gasteiger partial charge in [-0.3, -0.25) is 0 Å². The van der Waals surface area contributed by atoms with Crippen LogP contribution in [0.3, 0.4) is 0 Å². The quantitative estimate of drug-likeness (QED) is 0.541. The van der Waals surface area contributed by atoms with Gasteiger partial charge in [-0.25, -0.2) is 13.1 Å². The summed E-state index contributed by atoms with van der Waals surface area (Å²) in [6.07, 6.45) is 4.99. The van der Waals surface area contributed by atoms with Crippen molar-refractivity contribution in [3.05, 3.63) is 23.3 Å². The summed E-state index contributed by atoms with van der Waals surface area (Å²) >= 11 is 0. The summed E-state index contributed by atoms with van der Waals surface area (Å²) in [6, 6.07) is -0.108. The largest absolute Gasteiger partial charge is 0.367 e. The van der Waals surface area contributed by atoms with E-state index in [0.717, 1.165) is 0 Å². The van der Waals surface area contributed by atoms with Crippen molar-refractivity contribution in [3.63, 3.8) is 0 Å². The molecule has 0 spiro atoms. The number of allylic oxidation sites excluding steroid dienone is 2. The van der Waals surface area contributed by atoms with Gasteiger partial charge in [0.15, 0.2) is 0 Å². The first-order valence-corrected chi connectivity index (χ1v) is 5.37. The SMILES string of the molecule is CNS(=O)(=O)C1=CC=C[C@@H](CN)N1. The number of dihydropyridines is 1. The van der Waals surface area contributed by atoms with Gasteiger partial charge in [-0.2, -0.15) is 0 Å². The molecule has 1 atom stereocenters. The van der Waals surface area contributed by atoms with Gasteiger partial charge in [0, 0.05) is 6.54 Å². The molecule has 0 saturated carbocycles. The van der Waals surface area contributed by atoms with Crippen LogP contribution in [0.2, 0.25) is 0 Å². The Hall–Kier alpha value is -0.850. The predicted molar refractivity (Wildman–Crippen MR) is 51.2 cm³/mol. The minimum absolute atomic E-state index is 0.108. The molecule has 0 bridgehead atoms. The molecule has 74 valence electrons. The van der Waals surface area contributed by atoms with Gasteiger partial charge in [-0.05, 0) is 13.1 Å². The molecule has 0 unspecified atom stereocenters. The number of hydrogen-bond acceptors (Lipinski definition) is 4. The highest BCUT2D eigenvalue weighted by Gasteiger charge is 2.18. The van der Waals surface area contributed by atoms with Crippen molar-refractivity contribution < 1.29 is 8.42 Å². The van der Waals surface area contributed by atoms with Crippen LogP contribution in [0.25, 0.3) is 0 Å². The van der Waals surface area contributed by atoms with Gasteiger partial charge in [-0.1, -0.05) is 12.2 Å². The van der Waals surface area contributed by atoms with Crippen LogP contribution in [0.15, 0.2) is 23.3 Å². The second kappa shape index (κ2) is 3.91. The van der Waals surface area contributed by atoms with E-state index in [1.54, 1.807) is 6.08 Å². The molecule has 0 aromatic heterocycles. The molecular formula is C7H13N3O2S. The molecule has 0 amide bonds. The zero-order valence-electron chi connectivity index (χ0n) is 7.32. The summed E-state index contributed by atoms with van der Waals surface area (Å²) < 4.78 is 24.8. The average molecular weight is 203 g/mol. The second-order valence-electron chi connectivity index (χ2n) is 2.61. The fourth-order valence-corrected chi connectivity index (χ4v) is 1.75. The average Bonchev–Trinajstić information content (AvgIpc) is 2.18. The Balaban J connectivity index is 2.85. The minimum Gasteiger partial charge on any atom is -0.367 e. The maximum atomic E-state index is 11.3. The van der Waals surface area contributed by atoms with Crippen molar-refractivity contribution in [2.75, 3.05) is 13.6 Å². The topological polar surface area (TPSA) is 84.2 Å². The highest BCUT2D eigenvalue weighted by atomic mass is 32.2. The molecule has 0 fully saturated rings. The van der Waals surface area contributed by atoms with Crippen molar-refractivity contribution >= 4 is 10.0 Å². The smallest absolute Gasteiger partial charge is 0.255 e. The third kappa shape index (κ3) is 2.30. The lowest BCUT2D eigenvalue weighted by atomic mass is 10.2.